The molecule has 0 bridgehead atoms. The molecule has 2 rings (SSSR count). The van der Waals surface area contributed by atoms with Crippen molar-refractivity contribution in [1.82, 2.24) is 0 Å². The third kappa shape index (κ3) is 3.32. The van der Waals surface area contributed by atoms with E-state index in [9.17, 15) is 4.79 Å². The van der Waals surface area contributed by atoms with Crippen LogP contribution in [0, 0.1) is 6.92 Å². The van der Waals surface area contributed by atoms with Crippen molar-refractivity contribution in [3.63, 3.8) is 0 Å². The van der Waals surface area contributed by atoms with Crippen LogP contribution in [0.2, 0.25) is 0 Å². The fourth-order valence-electron chi connectivity index (χ4n) is 1.84. The lowest BCUT2D eigenvalue weighted by Gasteiger charge is -2.08. The Morgan fingerprint density at radius 1 is 1.05 bits per heavy atom. The van der Waals surface area contributed by atoms with Crippen LogP contribution in [0.1, 0.15) is 28.4 Å². The minimum Gasteiger partial charge on any atom is -0.321 e. The number of carbonyl (C=O) groups excluding carboxylic acids is 1. The largest absolute Gasteiger partial charge is 0.321 e. The van der Waals surface area contributed by atoms with Crippen LogP contribution in [0.15, 0.2) is 54.6 Å². The number of para-hydroxylation sites is 1. The highest BCUT2D eigenvalue weighted by atomic mass is 16.1. The fraction of sp³-hybridized carbons (Fsp3) is 0.118. The number of amides is 1. The van der Waals surface area contributed by atoms with E-state index < -0.39 is 0 Å². The Hall–Kier alpha value is -2.35. The van der Waals surface area contributed by atoms with Crippen LogP contribution in [0.25, 0.3) is 6.08 Å². The number of hydrogen-bond acceptors (Lipinski definition) is 1. The number of aryl methyl sites for hydroxylation is 1. The first-order valence-electron chi connectivity index (χ1n) is 6.30. The summed E-state index contributed by atoms with van der Waals surface area (Å²) in [5, 5.41) is 2.94. The van der Waals surface area contributed by atoms with Gasteiger partial charge < -0.3 is 5.32 Å². The molecule has 2 aromatic rings. The fourth-order valence-corrected chi connectivity index (χ4v) is 1.84. The van der Waals surface area contributed by atoms with Crippen molar-refractivity contribution in [3.8, 4) is 0 Å². The molecule has 0 unspecified atom stereocenters. The van der Waals surface area contributed by atoms with Crippen LogP contribution in [0.4, 0.5) is 5.69 Å². The Morgan fingerprint density at radius 3 is 2.42 bits per heavy atom. The minimum absolute atomic E-state index is 0.0862. The lowest BCUT2D eigenvalue weighted by Crippen LogP contribution is -2.12. The summed E-state index contributed by atoms with van der Waals surface area (Å²) in [6, 6.07) is 15.3. The summed E-state index contributed by atoms with van der Waals surface area (Å²) in [4.78, 5) is 12.1. The zero-order valence-corrected chi connectivity index (χ0v) is 11.2. The van der Waals surface area contributed by atoms with Crippen LogP contribution >= 0.6 is 0 Å². The second-order valence-electron chi connectivity index (χ2n) is 4.41. The Balaban J connectivity index is 2.21. The molecular formula is C17H17NO. The van der Waals surface area contributed by atoms with E-state index in [1.54, 1.807) is 0 Å². The van der Waals surface area contributed by atoms with Gasteiger partial charge in [0.1, 0.15) is 0 Å². The van der Waals surface area contributed by atoms with E-state index in [-0.39, 0.29) is 5.91 Å². The van der Waals surface area contributed by atoms with Gasteiger partial charge in [-0.1, -0.05) is 48.0 Å². The monoisotopic (exact) mass is 251 g/mol. The molecule has 0 aliphatic heterocycles. The van der Waals surface area contributed by atoms with Gasteiger partial charge in [0.25, 0.3) is 5.91 Å². The number of nitrogens with one attached hydrogen (secondary N) is 1. The zero-order chi connectivity index (χ0) is 13.7. The van der Waals surface area contributed by atoms with Crippen LogP contribution < -0.4 is 5.32 Å². The molecule has 0 aromatic heterocycles. The van der Waals surface area contributed by atoms with Gasteiger partial charge >= 0.3 is 0 Å². The van der Waals surface area contributed by atoms with Crippen molar-refractivity contribution in [1.29, 1.82) is 0 Å². The number of hydrogen-bond donors (Lipinski definition) is 1. The zero-order valence-electron chi connectivity index (χ0n) is 11.2. The predicted molar refractivity (Wildman–Crippen MR) is 80.3 cm³/mol. The summed E-state index contributed by atoms with van der Waals surface area (Å²) >= 11 is 0. The molecule has 19 heavy (non-hydrogen) atoms. The molecule has 0 atom stereocenters. The van der Waals surface area contributed by atoms with E-state index in [1.165, 1.54) is 0 Å². The van der Waals surface area contributed by atoms with Crippen molar-refractivity contribution in [2.45, 2.75) is 13.8 Å². The van der Waals surface area contributed by atoms with Crippen LogP contribution in [0.5, 0.6) is 0 Å². The van der Waals surface area contributed by atoms with E-state index in [0.29, 0.717) is 5.56 Å². The summed E-state index contributed by atoms with van der Waals surface area (Å²) in [7, 11) is 0. The second-order valence-corrected chi connectivity index (χ2v) is 4.41. The molecule has 0 fully saturated rings. The van der Waals surface area contributed by atoms with Gasteiger partial charge in [-0.2, -0.15) is 0 Å². The van der Waals surface area contributed by atoms with Crippen molar-refractivity contribution in [3.05, 3.63) is 71.3 Å². The number of allylic oxidation sites excluding steroid dienone is 1. The maximum Gasteiger partial charge on any atom is 0.255 e. The van der Waals surface area contributed by atoms with E-state index in [4.69, 9.17) is 0 Å². The standard InChI is InChI=1S/C17H17NO/c1-3-6-14-7-4-5-8-16(14)18-17(19)15-11-9-13(2)10-12-15/h3-12H,1-2H3,(H,18,19). The number of anilines is 1. The first-order valence-corrected chi connectivity index (χ1v) is 6.30. The van der Waals surface area contributed by atoms with E-state index >= 15 is 0 Å². The van der Waals surface area contributed by atoms with Crippen molar-refractivity contribution in [2.75, 3.05) is 5.32 Å². The molecule has 1 amide bonds. The topological polar surface area (TPSA) is 29.1 Å². The summed E-state index contributed by atoms with van der Waals surface area (Å²) < 4.78 is 0. The quantitative estimate of drug-likeness (QED) is 0.866. The summed E-state index contributed by atoms with van der Waals surface area (Å²) in [5.74, 6) is -0.0862. The Kier molecular flexibility index (Phi) is 4.14. The van der Waals surface area contributed by atoms with Gasteiger partial charge in [0.2, 0.25) is 0 Å². The van der Waals surface area contributed by atoms with Crippen molar-refractivity contribution in [2.24, 2.45) is 0 Å². The molecule has 0 saturated heterocycles. The highest BCUT2D eigenvalue weighted by Crippen LogP contribution is 2.17. The maximum atomic E-state index is 12.1. The Labute approximate surface area is 113 Å². The molecule has 2 nitrogen and oxygen atoms in total. The molecule has 96 valence electrons. The van der Waals surface area contributed by atoms with Gasteiger partial charge in [-0.3, -0.25) is 4.79 Å². The summed E-state index contributed by atoms with van der Waals surface area (Å²) in [6.45, 7) is 3.96. The number of benzene rings is 2. The Bertz CT molecular complexity index is 597. The van der Waals surface area contributed by atoms with Crippen LogP contribution in [-0.4, -0.2) is 5.91 Å². The highest BCUT2D eigenvalue weighted by molar-refractivity contribution is 6.05. The van der Waals surface area contributed by atoms with Gasteiger partial charge in [0, 0.05) is 11.3 Å². The van der Waals surface area contributed by atoms with Crippen molar-refractivity contribution < 1.29 is 4.79 Å². The average molecular weight is 251 g/mol. The molecule has 0 radical (unpaired) electrons. The molecule has 2 aromatic carbocycles. The van der Waals surface area contributed by atoms with Gasteiger partial charge in [-0.05, 0) is 37.6 Å². The first-order chi connectivity index (χ1) is 9.20. The third-order valence-corrected chi connectivity index (χ3v) is 2.87. The summed E-state index contributed by atoms with van der Waals surface area (Å²) in [5.41, 5.74) is 3.64. The molecule has 0 spiro atoms. The number of carbonyl (C=O) groups is 1. The predicted octanol–water partition coefficient (Wildman–Crippen LogP) is 4.28. The molecule has 0 heterocycles. The third-order valence-electron chi connectivity index (χ3n) is 2.87. The van der Waals surface area contributed by atoms with Gasteiger partial charge in [-0.15, -0.1) is 0 Å². The molecule has 0 aliphatic rings. The van der Waals surface area contributed by atoms with E-state index in [1.807, 2.05) is 74.5 Å². The first kappa shape index (κ1) is 13.1. The summed E-state index contributed by atoms with van der Waals surface area (Å²) in [6.07, 6.45) is 3.93. The minimum atomic E-state index is -0.0862. The molecule has 1 N–H and O–H groups in total. The molecule has 0 saturated carbocycles. The lowest BCUT2D eigenvalue weighted by atomic mass is 10.1. The smallest absolute Gasteiger partial charge is 0.255 e. The average Bonchev–Trinajstić information content (AvgIpc) is 2.42. The lowest BCUT2D eigenvalue weighted by molar-refractivity contribution is 0.102. The SMILES string of the molecule is CC=Cc1ccccc1NC(=O)c1ccc(C)cc1. The normalized spacial score (nSPS) is 10.6. The van der Waals surface area contributed by atoms with Crippen molar-refractivity contribution >= 4 is 17.7 Å². The maximum absolute atomic E-state index is 12.1. The van der Waals surface area contributed by atoms with Gasteiger partial charge in [0.05, 0.1) is 0 Å². The second kappa shape index (κ2) is 6.01. The molecule has 0 aliphatic carbocycles. The number of rotatable bonds is 3. The highest BCUT2D eigenvalue weighted by Gasteiger charge is 2.07. The Morgan fingerprint density at radius 2 is 1.74 bits per heavy atom. The van der Waals surface area contributed by atoms with E-state index in [0.717, 1.165) is 16.8 Å². The van der Waals surface area contributed by atoms with Gasteiger partial charge in [0.15, 0.2) is 0 Å². The van der Waals surface area contributed by atoms with Gasteiger partial charge in [-0.25, -0.2) is 0 Å². The van der Waals surface area contributed by atoms with Crippen LogP contribution in [-0.2, 0) is 0 Å². The van der Waals surface area contributed by atoms with Crippen LogP contribution in [0.3, 0.4) is 0 Å². The molecule has 2 heteroatoms. The molecular weight excluding hydrogens is 234 g/mol. The van der Waals surface area contributed by atoms with E-state index in [2.05, 4.69) is 5.32 Å².